The van der Waals surface area contributed by atoms with Gasteiger partial charge in [-0.2, -0.15) is 5.26 Å². The van der Waals surface area contributed by atoms with E-state index in [-0.39, 0.29) is 0 Å². The molecule has 0 aliphatic heterocycles. The maximum Gasteiger partial charge on any atom is 0.153 e. The second kappa shape index (κ2) is 7.17. The first-order valence-electron chi connectivity index (χ1n) is 9.11. The minimum Gasteiger partial charge on any atom is -0.496 e. The average Bonchev–Trinajstić information content (AvgIpc) is 3.13. The molecule has 0 fully saturated rings. The monoisotopic (exact) mass is 381 g/mol. The standard InChI is InChI=1S/C24H19N3O2/c1-15-19(4-3-5-22(15)26)21-13-27(23-8-6-16(12-25)10-20(21)23)18-7-9-24(29-2)17(11-18)14-28/h3-11,13-14H,26H2,1-2H3. The van der Waals surface area contributed by atoms with Gasteiger partial charge < -0.3 is 15.0 Å². The van der Waals surface area contributed by atoms with Crippen molar-refractivity contribution in [2.45, 2.75) is 6.92 Å². The Morgan fingerprint density at radius 1 is 1.10 bits per heavy atom. The second-order valence-corrected chi connectivity index (χ2v) is 6.82. The summed E-state index contributed by atoms with van der Waals surface area (Å²) in [5, 5.41) is 10.3. The Kier molecular flexibility index (Phi) is 4.53. The molecule has 0 unspecified atom stereocenters. The first-order chi connectivity index (χ1) is 14.1. The Labute approximate surface area is 168 Å². The molecular weight excluding hydrogens is 362 g/mol. The molecule has 0 aliphatic carbocycles. The molecule has 0 saturated heterocycles. The van der Waals surface area contributed by atoms with E-state index in [0.29, 0.717) is 22.6 Å². The molecule has 2 N–H and O–H groups in total. The lowest BCUT2D eigenvalue weighted by Crippen LogP contribution is -1.96. The average molecular weight is 381 g/mol. The smallest absolute Gasteiger partial charge is 0.153 e. The number of nitrogens with zero attached hydrogens (tertiary/aromatic N) is 2. The van der Waals surface area contributed by atoms with E-state index < -0.39 is 0 Å². The predicted molar refractivity (Wildman–Crippen MR) is 115 cm³/mol. The molecule has 0 atom stereocenters. The Morgan fingerprint density at radius 3 is 2.66 bits per heavy atom. The van der Waals surface area contributed by atoms with Gasteiger partial charge in [-0.3, -0.25) is 4.79 Å². The molecule has 0 saturated carbocycles. The van der Waals surface area contributed by atoms with Gasteiger partial charge in [0.05, 0.1) is 29.8 Å². The number of anilines is 1. The fraction of sp³-hybridized carbons (Fsp3) is 0.0833. The van der Waals surface area contributed by atoms with Crippen LogP contribution < -0.4 is 10.5 Å². The minimum absolute atomic E-state index is 0.474. The number of nitriles is 1. The molecule has 29 heavy (non-hydrogen) atoms. The Bertz CT molecular complexity index is 1300. The van der Waals surface area contributed by atoms with E-state index >= 15 is 0 Å². The van der Waals surface area contributed by atoms with Crippen molar-refractivity contribution in [3.05, 3.63) is 77.5 Å². The third kappa shape index (κ3) is 3.01. The van der Waals surface area contributed by atoms with Crippen molar-refractivity contribution in [2.75, 3.05) is 12.8 Å². The number of methoxy groups -OCH3 is 1. The largest absolute Gasteiger partial charge is 0.496 e. The van der Waals surface area contributed by atoms with E-state index in [9.17, 15) is 10.1 Å². The van der Waals surface area contributed by atoms with Gasteiger partial charge in [-0.15, -0.1) is 0 Å². The van der Waals surface area contributed by atoms with Crippen molar-refractivity contribution in [2.24, 2.45) is 0 Å². The molecule has 4 aromatic rings. The molecule has 4 rings (SSSR count). The van der Waals surface area contributed by atoms with Gasteiger partial charge in [0.15, 0.2) is 6.29 Å². The van der Waals surface area contributed by atoms with Crippen LogP contribution in [-0.4, -0.2) is 18.0 Å². The van der Waals surface area contributed by atoms with Crippen LogP contribution in [0.5, 0.6) is 5.75 Å². The molecule has 0 aliphatic rings. The van der Waals surface area contributed by atoms with E-state index in [2.05, 4.69) is 6.07 Å². The zero-order chi connectivity index (χ0) is 20.5. The molecule has 0 spiro atoms. The van der Waals surface area contributed by atoms with Crippen LogP contribution in [0.4, 0.5) is 5.69 Å². The van der Waals surface area contributed by atoms with Crippen LogP contribution in [0.25, 0.3) is 27.7 Å². The molecule has 3 aromatic carbocycles. The van der Waals surface area contributed by atoms with Gasteiger partial charge in [-0.05, 0) is 60.5 Å². The van der Waals surface area contributed by atoms with Crippen LogP contribution in [0, 0.1) is 18.3 Å². The van der Waals surface area contributed by atoms with Crippen molar-refractivity contribution in [3.8, 4) is 28.6 Å². The summed E-state index contributed by atoms with van der Waals surface area (Å²) in [6.07, 6.45) is 2.80. The molecule has 0 bridgehead atoms. The quantitative estimate of drug-likeness (QED) is 0.403. The predicted octanol–water partition coefficient (Wildman–Crippen LogP) is 4.88. The second-order valence-electron chi connectivity index (χ2n) is 6.82. The van der Waals surface area contributed by atoms with E-state index in [0.717, 1.165) is 39.6 Å². The van der Waals surface area contributed by atoms with Crippen molar-refractivity contribution in [1.29, 1.82) is 5.26 Å². The lowest BCUT2D eigenvalue weighted by atomic mass is 9.98. The van der Waals surface area contributed by atoms with Crippen LogP contribution >= 0.6 is 0 Å². The Hall–Kier alpha value is -4.04. The fourth-order valence-electron chi connectivity index (χ4n) is 3.64. The molecule has 142 valence electrons. The maximum atomic E-state index is 11.5. The van der Waals surface area contributed by atoms with E-state index in [4.69, 9.17) is 10.5 Å². The first kappa shape index (κ1) is 18.3. The summed E-state index contributed by atoms with van der Waals surface area (Å²) < 4.78 is 7.27. The molecule has 5 heteroatoms. The van der Waals surface area contributed by atoms with Gasteiger partial charge >= 0.3 is 0 Å². The van der Waals surface area contributed by atoms with Gasteiger partial charge in [0, 0.05) is 28.5 Å². The van der Waals surface area contributed by atoms with Gasteiger partial charge in [0.1, 0.15) is 5.75 Å². The van der Waals surface area contributed by atoms with Gasteiger partial charge in [0.2, 0.25) is 0 Å². The van der Waals surface area contributed by atoms with E-state index in [1.54, 1.807) is 18.2 Å². The van der Waals surface area contributed by atoms with Gasteiger partial charge in [-0.25, -0.2) is 0 Å². The van der Waals surface area contributed by atoms with Crippen LogP contribution in [0.2, 0.25) is 0 Å². The topological polar surface area (TPSA) is 81.0 Å². The molecule has 0 radical (unpaired) electrons. The molecular formula is C24H19N3O2. The zero-order valence-corrected chi connectivity index (χ0v) is 16.1. The summed E-state index contributed by atoms with van der Waals surface area (Å²) in [7, 11) is 1.54. The minimum atomic E-state index is 0.474. The number of rotatable bonds is 4. The van der Waals surface area contributed by atoms with Gasteiger partial charge in [0.25, 0.3) is 0 Å². The maximum absolute atomic E-state index is 11.5. The number of carbonyl (C=O) groups is 1. The number of benzene rings is 3. The van der Waals surface area contributed by atoms with Crippen LogP contribution in [0.3, 0.4) is 0 Å². The number of hydrogen-bond donors (Lipinski definition) is 1. The highest BCUT2D eigenvalue weighted by atomic mass is 16.5. The highest BCUT2D eigenvalue weighted by Gasteiger charge is 2.16. The number of carbonyl (C=O) groups excluding carboxylic acids is 1. The number of hydrogen-bond acceptors (Lipinski definition) is 4. The Morgan fingerprint density at radius 2 is 1.93 bits per heavy atom. The zero-order valence-electron chi connectivity index (χ0n) is 16.1. The summed E-state index contributed by atoms with van der Waals surface area (Å²) in [6, 6.07) is 19.1. The van der Waals surface area contributed by atoms with Crippen molar-refractivity contribution in [1.82, 2.24) is 4.57 Å². The highest BCUT2D eigenvalue weighted by Crippen LogP contribution is 2.36. The lowest BCUT2D eigenvalue weighted by Gasteiger charge is -2.09. The normalized spacial score (nSPS) is 10.7. The number of nitrogens with two attached hydrogens (primary N) is 1. The summed E-state index contributed by atoms with van der Waals surface area (Å²) in [5.74, 6) is 0.527. The number of fused-ring (bicyclic) bond motifs is 1. The Balaban J connectivity index is 2.03. The summed E-state index contributed by atoms with van der Waals surface area (Å²) in [4.78, 5) is 11.5. The molecule has 1 heterocycles. The summed E-state index contributed by atoms with van der Waals surface area (Å²) >= 11 is 0. The van der Waals surface area contributed by atoms with Crippen LogP contribution in [0.15, 0.2) is 60.8 Å². The number of nitrogen functional groups attached to an aromatic ring is 1. The van der Waals surface area contributed by atoms with Crippen molar-refractivity contribution >= 4 is 22.9 Å². The van der Waals surface area contributed by atoms with Crippen molar-refractivity contribution in [3.63, 3.8) is 0 Å². The van der Waals surface area contributed by atoms with E-state index in [1.807, 2.05) is 54.1 Å². The lowest BCUT2D eigenvalue weighted by molar-refractivity contribution is 0.112. The summed E-state index contributed by atoms with van der Waals surface area (Å²) in [5.41, 5.74) is 12.6. The number of ether oxygens (including phenoxy) is 1. The number of aldehydes is 1. The van der Waals surface area contributed by atoms with Crippen LogP contribution in [-0.2, 0) is 0 Å². The molecule has 5 nitrogen and oxygen atoms in total. The first-order valence-corrected chi connectivity index (χ1v) is 9.11. The third-order valence-electron chi connectivity index (χ3n) is 5.22. The van der Waals surface area contributed by atoms with E-state index in [1.165, 1.54) is 7.11 Å². The van der Waals surface area contributed by atoms with Crippen LogP contribution in [0.1, 0.15) is 21.5 Å². The fourth-order valence-corrected chi connectivity index (χ4v) is 3.64. The third-order valence-corrected chi connectivity index (χ3v) is 5.22. The molecule has 0 amide bonds. The SMILES string of the molecule is COc1ccc(-n2cc(-c3cccc(N)c3C)c3cc(C#N)ccc32)cc1C=O. The van der Waals surface area contributed by atoms with Crippen molar-refractivity contribution < 1.29 is 9.53 Å². The number of aromatic nitrogens is 1. The molecule has 1 aromatic heterocycles. The van der Waals surface area contributed by atoms with Gasteiger partial charge in [-0.1, -0.05) is 12.1 Å². The highest BCUT2D eigenvalue weighted by molar-refractivity contribution is 5.99. The summed E-state index contributed by atoms with van der Waals surface area (Å²) in [6.45, 7) is 1.99.